The monoisotopic (exact) mass is 293 g/mol. The molecule has 0 aliphatic carbocycles. The summed E-state index contributed by atoms with van der Waals surface area (Å²) in [6, 6.07) is 1.39. The van der Waals surface area contributed by atoms with Gasteiger partial charge in [-0.05, 0) is 24.7 Å². The summed E-state index contributed by atoms with van der Waals surface area (Å²) in [6.07, 6.45) is -2.77. The molecule has 0 radical (unpaired) electrons. The SMILES string of the molecule is CNC(=S)NCCCNc1ccnc(C(F)(F)F)n1. The van der Waals surface area contributed by atoms with Crippen molar-refractivity contribution >= 4 is 23.1 Å². The number of rotatable bonds is 5. The third-order valence-electron chi connectivity index (χ3n) is 2.08. The summed E-state index contributed by atoms with van der Waals surface area (Å²) < 4.78 is 37.1. The molecule has 1 aromatic rings. The highest BCUT2D eigenvalue weighted by Crippen LogP contribution is 2.26. The van der Waals surface area contributed by atoms with Gasteiger partial charge >= 0.3 is 6.18 Å². The van der Waals surface area contributed by atoms with Crippen molar-refractivity contribution in [1.82, 2.24) is 20.6 Å². The fourth-order valence-corrected chi connectivity index (χ4v) is 1.29. The quantitative estimate of drug-likeness (QED) is 0.563. The van der Waals surface area contributed by atoms with E-state index in [0.29, 0.717) is 24.6 Å². The van der Waals surface area contributed by atoms with Crippen LogP contribution in [0.5, 0.6) is 0 Å². The number of thiocarbonyl (C=S) groups is 1. The van der Waals surface area contributed by atoms with E-state index in [1.54, 1.807) is 7.05 Å². The van der Waals surface area contributed by atoms with Crippen molar-refractivity contribution in [2.45, 2.75) is 12.6 Å². The number of halogens is 3. The summed E-state index contributed by atoms with van der Waals surface area (Å²) in [5.41, 5.74) is 0. The molecular formula is C10H14F3N5S. The van der Waals surface area contributed by atoms with Gasteiger partial charge in [-0.15, -0.1) is 0 Å². The molecule has 106 valence electrons. The summed E-state index contributed by atoms with van der Waals surface area (Å²) in [4.78, 5) is 6.56. The van der Waals surface area contributed by atoms with Crippen molar-refractivity contribution in [1.29, 1.82) is 0 Å². The predicted molar refractivity (Wildman–Crippen MR) is 69.8 cm³/mol. The molecule has 0 saturated carbocycles. The number of nitrogens with one attached hydrogen (secondary N) is 3. The standard InChI is InChI=1S/C10H14F3N5S/c1-14-9(19)17-5-2-4-15-7-3-6-16-8(18-7)10(11,12)13/h3,6H,2,4-5H2,1H3,(H2,14,17,19)(H,15,16,18). The number of nitrogens with zero attached hydrogens (tertiary/aromatic N) is 2. The Morgan fingerprint density at radius 3 is 2.74 bits per heavy atom. The Balaban J connectivity index is 2.36. The first-order chi connectivity index (χ1) is 8.93. The molecule has 0 aromatic carbocycles. The van der Waals surface area contributed by atoms with E-state index in [1.165, 1.54) is 6.07 Å². The first kappa shape index (κ1) is 15.4. The van der Waals surface area contributed by atoms with Gasteiger partial charge in [0, 0.05) is 26.3 Å². The number of aromatic nitrogens is 2. The third kappa shape index (κ3) is 5.69. The second kappa shape index (κ2) is 7.07. The Kier molecular flexibility index (Phi) is 5.74. The molecule has 0 bridgehead atoms. The first-order valence-electron chi connectivity index (χ1n) is 5.53. The molecule has 9 heteroatoms. The van der Waals surface area contributed by atoms with E-state index in [-0.39, 0.29) is 5.82 Å². The zero-order valence-electron chi connectivity index (χ0n) is 10.2. The van der Waals surface area contributed by atoms with Crippen molar-refractivity contribution in [2.24, 2.45) is 0 Å². The molecule has 0 atom stereocenters. The highest BCUT2D eigenvalue weighted by Gasteiger charge is 2.34. The van der Waals surface area contributed by atoms with E-state index < -0.39 is 12.0 Å². The van der Waals surface area contributed by atoms with Crippen molar-refractivity contribution < 1.29 is 13.2 Å². The molecule has 1 rings (SSSR count). The molecule has 1 heterocycles. The van der Waals surface area contributed by atoms with Crippen LogP contribution in [0.4, 0.5) is 19.0 Å². The predicted octanol–water partition coefficient (Wildman–Crippen LogP) is 1.39. The lowest BCUT2D eigenvalue weighted by Crippen LogP contribution is -2.33. The van der Waals surface area contributed by atoms with Gasteiger partial charge in [-0.2, -0.15) is 13.2 Å². The summed E-state index contributed by atoms with van der Waals surface area (Å²) in [5.74, 6) is -0.995. The van der Waals surface area contributed by atoms with Crippen molar-refractivity contribution in [3.8, 4) is 0 Å². The molecule has 0 spiro atoms. The van der Waals surface area contributed by atoms with E-state index in [1.807, 2.05) is 0 Å². The second-order valence-corrected chi connectivity index (χ2v) is 3.96. The van der Waals surface area contributed by atoms with E-state index in [9.17, 15) is 13.2 Å². The molecule has 5 nitrogen and oxygen atoms in total. The van der Waals surface area contributed by atoms with Crippen LogP contribution in [0.3, 0.4) is 0 Å². The number of hydrogen-bond acceptors (Lipinski definition) is 4. The largest absolute Gasteiger partial charge is 0.451 e. The van der Waals surface area contributed by atoms with Gasteiger partial charge in [0.2, 0.25) is 5.82 Å². The smallest absolute Gasteiger partial charge is 0.370 e. The number of hydrogen-bond donors (Lipinski definition) is 3. The van der Waals surface area contributed by atoms with Crippen LogP contribution in [-0.2, 0) is 6.18 Å². The lowest BCUT2D eigenvalue weighted by atomic mass is 10.4. The zero-order chi connectivity index (χ0) is 14.3. The number of alkyl halides is 3. The van der Waals surface area contributed by atoms with Crippen molar-refractivity contribution in [3.05, 3.63) is 18.1 Å². The molecule has 0 fully saturated rings. The summed E-state index contributed by atoms with van der Waals surface area (Å²) >= 11 is 4.87. The Hall–Kier alpha value is -1.64. The highest BCUT2D eigenvalue weighted by molar-refractivity contribution is 7.80. The minimum absolute atomic E-state index is 0.151. The van der Waals surface area contributed by atoms with Crippen LogP contribution in [0, 0.1) is 0 Å². The number of anilines is 1. The maximum atomic E-state index is 12.4. The molecule has 1 aromatic heterocycles. The van der Waals surface area contributed by atoms with E-state index >= 15 is 0 Å². The topological polar surface area (TPSA) is 61.9 Å². The van der Waals surface area contributed by atoms with Crippen LogP contribution in [0.15, 0.2) is 12.3 Å². The Morgan fingerprint density at radius 1 is 1.37 bits per heavy atom. The van der Waals surface area contributed by atoms with Gasteiger partial charge in [-0.1, -0.05) is 0 Å². The third-order valence-corrected chi connectivity index (χ3v) is 2.43. The van der Waals surface area contributed by atoms with Gasteiger partial charge < -0.3 is 16.0 Å². The Labute approximate surface area is 114 Å². The van der Waals surface area contributed by atoms with Crippen LogP contribution in [0.25, 0.3) is 0 Å². The second-order valence-electron chi connectivity index (χ2n) is 3.55. The fourth-order valence-electron chi connectivity index (χ4n) is 1.19. The van der Waals surface area contributed by atoms with Gasteiger partial charge in [-0.3, -0.25) is 0 Å². The fraction of sp³-hybridized carbons (Fsp3) is 0.500. The summed E-state index contributed by atoms with van der Waals surface area (Å²) in [7, 11) is 1.70. The summed E-state index contributed by atoms with van der Waals surface area (Å²) in [5, 5.41) is 9.00. The highest BCUT2D eigenvalue weighted by atomic mass is 32.1. The maximum Gasteiger partial charge on any atom is 0.451 e. The molecule has 0 aliphatic rings. The minimum atomic E-state index is -4.53. The van der Waals surface area contributed by atoms with Crippen LogP contribution in [-0.4, -0.2) is 35.2 Å². The average molecular weight is 293 g/mol. The van der Waals surface area contributed by atoms with Gasteiger partial charge in [0.15, 0.2) is 5.11 Å². The summed E-state index contributed by atoms with van der Waals surface area (Å²) in [6.45, 7) is 1.09. The maximum absolute atomic E-state index is 12.4. The Bertz CT molecular complexity index is 424. The molecule has 0 aliphatic heterocycles. The molecule has 0 saturated heterocycles. The normalized spacial score (nSPS) is 10.9. The average Bonchev–Trinajstić information content (AvgIpc) is 2.37. The minimum Gasteiger partial charge on any atom is -0.370 e. The van der Waals surface area contributed by atoms with Gasteiger partial charge in [-0.25, -0.2) is 9.97 Å². The van der Waals surface area contributed by atoms with E-state index in [4.69, 9.17) is 12.2 Å². The van der Waals surface area contributed by atoms with Gasteiger partial charge in [0.05, 0.1) is 0 Å². The van der Waals surface area contributed by atoms with Crippen LogP contribution in [0.2, 0.25) is 0 Å². The molecule has 0 amide bonds. The lowest BCUT2D eigenvalue weighted by Gasteiger charge is -2.09. The van der Waals surface area contributed by atoms with Gasteiger partial charge in [0.1, 0.15) is 5.82 Å². The molecular weight excluding hydrogens is 279 g/mol. The lowest BCUT2D eigenvalue weighted by molar-refractivity contribution is -0.144. The van der Waals surface area contributed by atoms with E-state index in [2.05, 4.69) is 25.9 Å². The van der Waals surface area contributed by atoms with Crippen LogP contribution in [0.1, 0.15) is 12.2 Å². The molecule has 19 heavy (non-hydrogen) atoms. The van der Waals surface area contributed by atoms with E-state index in [0.717, 1.165) is 6.20 Å². The first-order valence-corrected chi connectivity index (χ1v) is 5.94. The molecule has 3 N–H and O–H groups in total. The van der Waals surface area contributed by atoms with Crippen molar-refractivity contribution in [3.63, 3.8) is 0 Å². The van der Waals surface area contributed by atoms with Gasteiger partial charge in [0.25, 0.3) is 0 Å². The van der Waals surface area contributed by atoms with Crippen LogP contribution >= 0.6 is 12.2 Å². The molecule has 0 unspecified atom stereocenters. The van der Waals surface area contributed by atoms with Crippen molar-refractivity contribution in [2.75, 3.05) is 25.5 Å². The zero-order valence-corrected chi connectivity index (χ0v) is 11.0. The van der Waals surface area contributed by atoms with Crippen LogP contribution < -0.4 is 16.0 Å². The Morgan fingerprint density at radius 2 is 2.11 bits per heavy atom.